The van der Waals surface area contributed by atoms with Gasteiger partial charge in [0.05, 0.1) is 18.9 Å². The van der Waals surface area contributed by atoms with Crippen molar-refractivity contribution in [3.8, 4) is 11.6 Å². The third kappa shape index (κ3) is 2.83. The van der Waals surface area contributed by atoms with Gasteiger partial charge >= 0.3 is 0 Å². The highest BCUT2D eigenvalue weighted by atomic mass is 19.1. The summed E-state index contributed by atoms with van der Waals surface area (Å²) in [5, 5.41) is 6.79. The minimum atomic E-state index is -0.520. The van der Waals surface area contributed by atoms with E-state index in [1.54, 1.807) is 0 Å². The van der Waals surface area contributed by atoms with Gasteiger partial charge in [0.25, 0.3) is 5.91 Å². The number of halogens is 1. The Labute approximate surface area is 125 Å². The average molecular weight is 303 g/mol. The standard InChI is InChI=1S/C15H14FN3O3/c1-22-13-8-12(20)14(15(21)17-10-4-5-10)18-19(13)11-6-2-9(16)3-7-11/h2-3,6-8,10H,4-5H2,1H3,(H,17,21). The number of methoxy groups -OCH3 is 1. The second-order valence-corrected chi connectivity index (χ2v) is 5.04. The van der Waals surface area contributed by atoms with Crippen molar-refractivity contribution in [1.29, 1.82) is 0 Å². The van der Waals surface area contributed by atoms with Crippen LogP contribution in [0.2, 0.25) is 0 Å². The van der Waals surface area contributed by atoms with E-state index in [1.807, 2.05) is 0 Å². The maximum Gasteiger partial charge on any atom is 0.276 e. The summed E-state index contributed by atoms with van der Waals surface area (Å²) >= 11 is 0. The van der Waals surface area contributed by atoms with Crippen LogP contribution in [0, 0.1) is 5.82 Å². The molecule has 0 aliphatic heterocycles. The Balaban J connectivity index is 2.05. The first-order valence-electron chi connectivity index (χ1n) is 6.83. The van der Waals surface area contributed by atoms with Crippen LogP contribution in [-0.4, -0.2) is 28.8 Å². The van der Waals surface area contributed by atoms with E-state index >= 15 is 0 Å². The topological polar surface area (TPSA) is 73.2 Å². The molecule has 1 fully saturated rings. The predicted molar refractivity (Wildman–Crippen MR) is 76.8 cm³/mol. The fourth-order valence-electron chi connectivity index (χ4n) is 1.99. The van der Waals surface area contributed by atoms with E-state index in [0.29, 0.717) is 5.69 Å². The van der Waals surface area contributed by atoms with Gasteiger partial charge in [0.2, 0.25) is 11.3 Å². The molecule has 1 N–H and O–H groups in total. The monoisotopic (exact) mass is 303 g/mol. The molecule has 0 radical (unpaired) electrons. The summed E-state index contributed by atoms with van der Waals surface area (Å²) in [7, 11) is 1.39. The molecular weight excluding hydrogens is 289 g/mol. The van der Waals surface area contributed by atoms with Gasteiger partial charge < -0.3 is 10.1 Å². The molecule has 1 saturated carbocycles. The molecule has 7 heteroatoms. The zero-order chi connectivity index (χ0) is 15.7. The lowest BCUT2D eigenvalue weighted by molar-refractivity contribution is 0.0943. The summed E-state index contributed by atoms with van der Waals surface area (Å²) in [6.07, 6.45) is 1.82. The number of nitrogens with zero attached hydrogens (tertiary/aromatic N) is 2. The zero-order valence-electron chi connectivity index (χ0n) is 11.9. The molecule has 0 saturated heterocycles. The Morgan fingerprint density at radius 2 is 2.05 bits per heavy atom. The molecule has 3 rings (SSSR count). The van der Waals surface area contributed by atoms with Crippen LogP contribution in [-0.2, 0) is 0 Å². The van der Waals surface area contributed by atoms with Gasteiger partial charge in [-0.1, -0.05) is 0 Å². The van der Waals surface area contributed by atoms with E-state index in [9.17, 15) is 14.0 Å². The van der Waals surface area contributed by atoms with Crippen molar-refractivity contribution >= 4 is 5.91 Å². The van der Waals surface area contributed by atoms with E-state index in [2.05, 4.69) is 10.4 Å². The second-order valence-electron chi connectivity index (χ2n) is 5.04. The largest absolute Gasteiger partial charge is 0.481 e. The molecule has 0 spiro atoms. The molecule has 1 heterocycles. The van der Waals surface area contributed by atoms with Crippen LogP contribution in [0.4, 0.5) is 4.39 Å². The normalized spacial score (nSPS) is 13.7. The van der Waals surface area contributed by atoms with E-state index in [-0.39, 0.29) is 17.6 Å². The van der Waals surface area contributed by atoms with Crippen LogP contribution < -0.4 is 15.5 Å². The van der Waals surface area contributed by atoms with Crippen molar-refractivity contribution in [3.05, 3.63) is 52.1 Å². The first-order chi connectivity index (χ1) is 10.6. The van der Waals surface area contributed by atoms with Crippen LogP contribution in [0.1, 0.15) is 23.3 Å². The van der Waals surface area contributed by atoms with Crippen molar-refractivity contribution in [3.63, 3.8) is 0 Å². The molecule has 1 aromatic carbocycles. The fourth-order valence-corrected chi connectivity index (χ4v) is 1.99. The highest BCUT2D eigenvalue weighted by Crippen LogP contribution is 2.19. The van der Waals surface area contributed by atoms with E-state index in [4.69, 9.17) is 4.74 Å². The number of hydrogen-bond donors (Lipinski definition) is 1. The van der Waals surface area contributed by atoms with Gasteiger partial charge in [0.15, 0.2) is 5.69 Å². The Hall–Kier alpha value is -2.70. The number of aromatic nitrogens is 2. The lowest BCUT2D eigenvalue weighted by Crippen LogP contribution is -2.32. The highest BCUT2D eigenvalue weighted by molar-refractivity contribution is 5.92. The predicted octanol–water partition coefficient (Wildman–Crippen LogP) is 1.27. The Morgan fingerprint density at radius 3 is 2.64 bits per heavy atom. The molecule has 1 amide bonds. The van der Waals surface area contributed by atoms with Crippen LogP contribution in [0.5, 0.6) is 5.88 Å². The first-order valence-corrected chi connectivity index (χ1v) is 6.83. The Bertz CT molecular complexity index is 767. The number of amides is 1. The van der Waals surface area contributed by atoms with Gasteiger partial charge in [-0.15, -0.1) is 0 Å². The quantitative estimate of drug-likeness (QED) is 0.923. The Morgan fingerprint density at radius 1 is 1.36 bits per heavy atom. The van der Waals surface area contributed by atoms with Gasteiger partial charge in [0.1, 0.15) is 5.82 Å². The van der Waals surface area contributed by atoms with E-state index < -0.39 is 17.2 Å². The van der Waals surface area contributed by atoms with Crippen molar-refractivity contribution in [2.24, 2.45) is 0 Å². The molecular formula is C15H14FN3O3. The van der Waals surface area contributed by atoms with Crippen LogP contribution >= 0.6 is 0 Å². The Kier molecular flexibility index (Phi) is 3.62. The number of benzene rings is 1. The molecule has 114 valence electrons. The third-order valence-corrected chi connectivity index (χ3v) is 3.30. The maximum absolute atomic E-state index is 13.0. The van der Waals surface area contributed by atoms with Crippen molar-refractivity contribution in [1.82, 2.24) is 15.1 Å². The molecule has 1 aliphatic carbocycles. The second kappa shape index (κ2) is 5.59. The molecule has 6 nitrogen and oxygen atoms in total. The number of carbonyl (C=O) groups is 1. The first kappa shape index (κ1) is 14.2. The summed E-state index contributed by atoms with van der Waals surface area (Å²) in [5.41, 5.74) is -0.246. The fraction of sp³-hybridized carbons (Fsp3) is 0.267. The lowest BCUT2D eigenvalue weighted by Gasteiger charge is -2.12. The molecule has 0 atom stereocenters. The lowest BCUT2D eigenvalue weighted by atomic mass is 10.3. The van der Waals surface area contributed by atoms with E-state index in [1.165, 1.54) is 42.1 Å². The van der Waals surface area contributed by atoms with Gasteiger partial charge in [-0.3, -0.25) is 9.59 Å². The smallest absolute Gasteiger partial charge is 0.276 e. The van der Waals surface area contributed by atoms with Gasteiger partial charge in [-0.2, -0.15) is 5.10 Å². The molecule has 2 aromatic rings. The van der Waals surface area contributed by atoms with Crippen LogP contribution in [0.15, 0.2) is 35.1 Å². The molecule has 1 aromatic heterocycles. The van der Waals surface area contributed by atoms with Crippen LogP contribution in [0.3, 0.4) is 0 Å². The highest BCUT2D eigenvalue weighted by Gasteiger charge is 2.26. The third-order valence-electron chi connectivity index (χ3n) is 3.30. The molecule has 1 aliphatic rings. The van der Waals surface area contributed by atoms with Crippen molar-refractivity contribution < 1.29 is 13.9 Å². The van der Waals surface area contributed by atoms with E-state index in [0.717, 1.165) is 12.8 Å². The summed E-state index contributed by atoms with van der Waals surface area (Å²) in [6.45, 7) is 0. The molecule has 22 heavy (non-hydrogen) atoms. The summed E-state index contributed by atoms with van der Waals surface area (Å²) < 4.78 is 19.4. The van der Waals surface area contributed by atoms with Gasteiger partial charge in [-0.25, -0.2) is 9.07 Å². The number of rotatable bonds is 4. The maximum atomic E-state index is 13.0. The van der Waals surface area contributed by atoms with Gasteiger partial charge in [-0.05, 0) is 37.1 Å². The summed E-state index contributed by atoms with van der Waals surface area (Å²) in [5.74, 6) is -0.735. The molecule has 0 unspecified atom stereocenters. The summed E-state index contributed by atoms with van der Waals surface area (Å²) in [6, 6.07) is 6.81. The number of ether oxygens (including phenoxy) is 1. The van der Waals surface area contributed by atoms with Crippen molar-refractivity contribution in [2.75, 3.05) is 7.11 Å². The summed E-state index contributed by atoms with van der Waals surface area (Å²) in [4.78, 5) is 24.1. The van der Waals surface area contributed by atoms with Gasteiger partial charge in [0, 0.05) is 6.04 Å². The number of nitrogens with one attached hydrogen (secondary N) is 1. The SMILES string of the molecule is COc1cc(=O)c(C(=O)NC2CC2)nn1-c1ccc(F)cc1. The zero-order valence-corrected chi connectivity index (χ0v) is 11.9. The van der Waals surface area contributed by atoms with Crippen LogP contribution in [0.25, 0.3) is 5.69 Å². The van der Waals surface area contributed by atoms with Crippen molar-refractivity contribution in [2.45, 2.75) is 18.9 Å². The number of hydrogen-bond acceptors (Lipinski definition) is 4. The average Bonchev–Trinajstić information content (AvgIpc) is 3.31. The number of carbonyl (C=O) groups excluding carboxylic acids is 1. The minimum absolute atomic E-state index is 0.120. The molecule has 0 bridgehead atoms. The minimum Gasteiger partial charge on any atom is -0.481 e.